The third kappa shape index (κ3) is 3.32. The van der Waals surface area contributed by atoms with Gasteiger partial charge in [0, 0.05) is 6.54 Å². The summed E-state index contributed by atoms with van der Waals surface area (Å²) < 4.78 is 1.94. The predicted octanol–water partition coefficient (Wildman–Crippen LogP) is 2.89. The lowest BCUT2D eigenvalue weighted by Crippen LogP contribution is -2.19. The summed E-state index contributed by atoms with van der Waals surface area (Å²) in [5.74, 6) is 0.654. The van der Waals surface area contributed by atoms with E-state index >= 15 is 0 Å². The number of nitrogens with zero attached hydrogens (tertiary/aromatic N) is 3. The van der Waals surface area contributed by atoms with E-state index in [9.17, 15) is 0 Å². The predicted molar refractivity (Wildman–Crippen MR) is 84.5 cm³/mol. The molecule has 1 aromatic heterocycles. The van der Waals surface area contributed by atoms with E-state index in [0.717, 1.165) is 25.2 Å². The Morgan fingerprint density at radius 1 is 1.24 bits per heavy atom. The van der Waals surface area contributed by atoms with Crippen molar-refractivity contribution in [2.75, 3.05) is 6.54 Å². The quantitative estimate of drug-likeness (QED) is 0.918. The third-order valence-electron chi connectivity index (χ3n) is 4.02. The summed E-state index contributed by atoms with van der Waals surface area (Å²) in [5, 5.41) is 12.0. The number of hydrogen-bond donors (Lipinski definition) is 1. The Labute approximate surface area is 126 Å². The van der Waals surface area contributed by atoms with Crippen molar-refractivity contribution in [1.82, 2.24) is 20.3 Å². The van der Waals surface area contributed by atoms with Gasteiger partial charge < -0.3 is 5.32 Å². The van der Waals surface area contributed by atoms with Crippen molar-refractivity contribution in [1.29, 1.82) is 0 Å². The zero-order valence-electron chi connectivity index (χ0n) is 13.0. The van der Waals surface area contributed by atoms with E-state index in [4.69, 9.17) is 0 Å². The largest absolute Gasteiger partial charge is 0.311 e. The summed E-state index contributed by atoms with van der Waals surface area (Å²) in [6, 6.07) is 6.54. The molecule has 4 nitrogen and oxygen atoms in total. The fraction of sp³-hybridized carbons (Fsp3) is 0.529. The van der Waals surface area contributed by atoms with E-state index in [0.29, 0.717) is 5.92 Å². The zero-order chi connectivity index (χ0) is 14.7. The van der Waals surface area contributed by atoms with Crippen molar-refractivity contribution in [3.05, 3.63) is 41.2 Å². The monoisotopic (exact) mass is 284 g/mol. The molecule has 1 aliphatic carbocycles. The minimum absolute atomic E-state index is 0.654. The highest BCUT2D eigenvalue weighted by Crippen LogP contribution is 2.26. The van der Waals surface area contributed by atoms with Crippen LogP contribution in [0.25, 0.3) is 5.69 Å². The molecular weight excluding hydrogens is 260 g/mol. The Hall–Kier alpha value is -1.68. The second-order valence-corrected chi connectivity index (χ2v) is 6.30. The number of fused-ring (bicyclic) bond motifs is 1. The van der Waals surface area contributed by atoms with Gasteiger partial charge in [-0.25, -0.2) is 4.68 Å². The number of benzene rings is 1. The Bertz CT molecular complexity index is 601. The molecule has 0 bridgehead atoms. The number of rotatable bonds is 5. The van der Waals surface area contributed by atoms with Gasteiger partial charge in [-0.2, -0.15) is 0 Å². The molecule has 1 heterocycles. The van der Waals surface area contributed by atoms with Crippen LogP contribution in [-0.4, -0.2) is 21.5 Å². The molecule has 21 heavy (non-hydrogen) atoms. The summed E-state index contributed by atoms with van der Waals surface area (Å²) in [4.78, 5) is 0. The normalized spacial score (nSPS) is 14.4. The first kappa shape index (κ1) is 14.3. The fourth-order valence-corrected chi connectivity index (χ4v) is 2.96. The zero-order valence-corrected chi connectivity index (χ0v) is 13.0. The van der Waals surface area contributed by atoms with Crippen LogP contribution in [0, 0.1) is 5.92 Å². The fourth-order valence-electron chi connectivity index (χ4n) is 2.96. The van der Waals surface area contributed by atoms with E-state index in [-0.39, 0.29) is 0 Å². The first-order chi connectivity index (χ1) is 10.2. The van der Waals surface area contributed by atoms with E-state index in [1.54, 1.807) is 0 Å². The molecule has 1 aromatic carbocycles. The Balaban J connectivity index is 1.77. The van der Waals surface area contributed by atoms with Crippen molar-refractivity contribution < 1.29 is 0 Å². The van der Waals surface area contributed by atoms with Crippen LogP contribution in [0.15, 0.2) is 24.4 Å². The molecule has 1 N–H and O–H groups in total. The number of aryl methyl sites for hydroxylation is 1. The van der Waals surface area contributed by atoms with Crippen LogP contribution in [0.2, 0.25) is 0 Å². The van der Waals surface area contributed by atoms with Gasteiger partial charge >= 0.3 is 0 Å². The highest BCUT2D eigenvalue weighted by Gasteiger charge is 2.15. The van der Waals surface area contributed by atoms with E-state index in [1.807, 2.05) is 4.68 Å². The van der Waals surface area contributed by atoms with Crippen molar-refractivity contribution in [2.24, 2.45) is 5.92 Å². The molecule has 0 radical (unpaired) electrons. The molecule has 3 rings (SSSR count). The van der Waals surface area contributed by atoms with Gasteiger partial charge in [0.25, 0.3) is 0 Å². The summed E-state index contributed by atoms with van der Waals surface area (Å²) in [5.41, 5.74) is 5.14. The maximum atomic E-state index is 4.32. The minimum atomic E-state index is 0.654. The molecule has 4 heteroatoms. The van der Waals surface area contributed by atoms with Gasteiger partial charge in [-0.15, -0.1) is 5.10 Å². The van der Waals surface area contributed by atoms with Crippen LogP contribution in [-0.2, 0) is 19.4 Å². The summed E-state index contributed by atoms with van der Waals surface area (Å²) in [7, 11) is 0. The second-order valence-electron chi connectivity index (χ2n) is 6.30. The lowest BCUT2D eigenvalue weighted by atomic mass is 9.90. The van der Waals surface area contributed by atoms with Gasteiger partial charge in [0.2, 0.25) is 0 Å². The van der Waals surface area contributed by atoms with Crippen molar-refractivity contribution in [3.63, 3.8) is 0 Å². The van der Waals surface area contributed by atoms with Crippen LogP contribution in [0.5, 0.6) is 0 Å². The third-order valence-corrected chi connectivity index (χ3v) is 4.02. The summed E-state index contributed by atoms with van der Waals surface area (Å²) in [6.45, 7) is 6.21. The number of hydrogen-bond acceptors (Lipinski definition) is 3. The molecule has 0 amide bonds. The minimum Gasteiger partial charge on any atom is -0.311 e. The van der Waals surface area contributed by atoms with Crippen molar-refractivity contribution in [2.45, 2.75) is 46.1 Å². The standard InChI is InChI=1S/C17H24N4/c1-13(2)10-18-11-15-12-21(20-19-15)17-9-5-7-14-6-3-4-8-16(14)17/h5,7,9,12-13,18H,3-4,6,8,10-11H2,1-2H3. The van der Waals surface area contributed by atoms with E-state index in [1.165, 1.54) is 36.1 Å². The van der Waals surface area contributed by atoms with Gasteiger partial charge in [-0.05, 0) is 55.3 Å². The molecule has 0 atom stereocenters. The van der Waals surface area contributed by atoms with Crippen LogP contribution in [0.4, 0.5) is 0 Å². The average molecular weight is 284 g/mol. The maximum absolute atomic E-state index is 4.32. The van der Waals surface area contributed by atoms with Crippen molar-refractivity contribution >= 4 is 0 Å². The summed E-state index contributed by atoms with van der Waals surface area (Å²) in [6.07, 6.45) is 6.99. The molecular formula is C17H24N4. The van der Waals surface area contributed by atoms with Crippen molar-refractivity contribution in [3.8, 4) is 5.69 Å². The highest BCUT2D eigenvalue weighted by atomic mass is 15.4. The Morgan fingerprint density at radius 3 is 2.95 bits per heavy atom. The highest BCUT2D eigenvalue weighted by molar-refractivity contribution is 5.46. The molecule has 2 aromatic rings. The number of nitrogens with one attached hydrogen (secondary N) is 1. The van der Waals surface area contributed by atoms with Crippen LogP contribution in [0.3, 0.4) is 0 Å². The van der Waals surface area contributed by atoms with Crippen LogP contribution in [0.1, 0.15) is 43.5 Å². The van der Waals surface area contributed by atoms with Gasteiger partial charge in [-0.3, -0.25) is 0 Å². The molecule has 112 valence electrons. The molecule has 0 aliphatic heterocycles. The lowest BCUT2D eigenvalue weighted by molar-refractivity contribution is 0.548. The maximum Gasteiger partial charge on any atom is 0.0969 e. The Morgan fingerprint density at radius 2 is 2.10 bits per heavy atom. The molecule has 1 aliphatic rings. The summed E-state index contributed by atoms with van der Waals surface area (Å²) >= 11 is 0. The van der Waals surface area contributed by atoms with Gasteiger partial charge in [0.05, 0.1) is 17.6 Å². The molecule has 0 unspecified atom stereocenters. The van der Waals surface area contributed by atoms with Crippen LogP contribution < -0.4 is 5.32 Å². The first-order valence-electron chi connectivity index (χ1n) is 7.97. The van der Waals surface area contributed by atoms with Crippen LogP contribution >= 0.6 is 0 Å². The van der Waals surface area contributed by atoms with E-state index < -0.39 is 0 Å². The molecule has 0 fully saturated rings. The van der Waals surface area contributed by atoms with E-state index in [2.05, 4.69) is 53.9 Å². The lowest BCUT2D eigenvalue weighted by Gasteiger charge is -2.18. The van der Waals surface area contributed by atoms with Gasteiger partial charge in [0.1, 0.15) is 0 Å². The number of aromatic nitrogens is 3. The second kappa shape index (κ2) is 6.39. The smallest absolute Gasteiger partial charge is 0.0969 e. The molecule has 0 saturated carbocycles. The topological polar surface area (TPSA) is 42.7 Å². The SMILES string of the molecule is CC(C)CNCc1cn(-c2cccc3c2CCCC3)nn1. The van der Waals surface area contributed by atoms with Gasteiger partial charge in [0.15, 0.2) is 0 Å². The Kier molecular flexibility index (Phi) is 4.34. The first-order valence-corrected chi connectivity index (χ1v) is 7.97. The van der Waals surface area contributed by atoms with Gasteiger partial charge in [-0.1, -0.05) is 31.2 Å². The molecule has 0 spiro atoms. The molecule has 0 saturated heterocycles. The average Bonchev–Trinajstić information content (AvgIpc) is 2.95.